The number of hydrogen-bond donors (Lipinski definition) is 1. The lowest BCUT2D eigenvalue weighted by molar-refractivity contribution is 0.120. The lowest BCUT2D eigenvalue weighted by Gasteiger charge is -2.27. The average molecular weight is 338 g/mol. The van der Waals surface area contributed by atoms with E-state index in [-0.39, 0.29) is 18.2 Å². The number of ether oxygens (including phenoxy) is 1. The fraction of sp³-hybridized carbons (Fsp3) is 0.588. The van der Waals surface area contributed by atoms with Gasteiger partial charge < -0.3 is 4.74 Å². The van der Waals surface area contributed by atoms with Crippen LogP contribution in [0.2, 0.25) is 0 Å². The van der Waals surface area contributed by atoms with Crippen molar-refractivity contribution in [3.63, 3.8) is 0 Å². The standard InChI is InChI=1S/C17H23FN2O2S/c1-11(9-16(2,3)23(20)21)14-8-13(18)7-12-10-17(4,5-6-19)22-15(12)14/h7-8,11H,5,9-10,20H2,1-4H3/t11-,17+,23?/m1/s1. The Morgan fingerprint density at radius 1 is 1.57 bits per heavy atom. The largest absolute Gasteiger partial charge is 0.486 e. The molecule has 0 amide bonds. The minimum absolute atomic E-state index is 0.0635. The summed E-state index contributed by atoms with van der Waals surface area (Å²) in [5.41, 5.74) is 0.919. The summed E-state index contributed by atoms with van der Waals surface area (Å²) in [6.45, 7) is 7.48. The van der Waals surface area contributed by atoms with Crippen LogP contribution in [0.25, 0.3) is 0 Å². The van der Waals surface area contributed by atoms with Crippen molar-refractivity contribution in [1.82, 2.24) is 0 Å². The van der Waals surface area contributed by atoms with Crippen LogP contribution in [-0.2, 0) is 17.4 Å². The van der Waals surface area contributed by atoms with E-state index in [1.54, 1.807) is 0 Å². The zero-order valence-corrected chi connectivity index (χ0v) is 14.8. The summed E-state index contributed by atoms with van der Waals surface area (Å²) in [7, 11) is -1.47. The topological polar surface area (TPSA) is 76.1 Å². The van der Waals surface area contributed by atoms with Gasteiger partial charge in [-0.2, -0.15) is 5.26 Å². The average Bonchev–Trinajstić information content (AvgIpc) is 2.73. The van der Waals surface area contributed by atoms with Crippen LogP contribution in [0.15, 0.2) is 12.1 Å². The molecular formula is C17H23FN2O2S. The van der Waals surface area contributed by atoms with Crippen molar-refractivity contribution in [3.8, 4) is 11.8 Å². The maximum Gasteiger partial charge on any atom is 0.127 e. The van der Waals surface area contributed by atoms with Gasteiger partial charge in [0.2, 0.25) is 0 Å². The summed E-state index contributed by atoms with van der Waals surface area (Å²) < 4.78 is 31.1. The summed E-state index contributed by atoms with van der Waals surface area (Å²) in [6, 6.07) is 5.07. The number of rotatable bonds is 5. The molecule has 1 aliphatic heterocycles. The van der Waals surface area contributed by atoms with Crippen LogP contribution in [-0.4, -0.2) is 14.6 Å². The van der Waals surface area contributed by atoms with E-state index in [4.69, 9.17) is 15.1 Å². The van der Waals surface area contributed by atoms with Gasteiger partial charge in [0.05, 0.1) is 28.2 Å². The van der Waals surface area contributed by atoms with Gasteiger partial charge in [-0.3, -0.25) is 5.14 Å². The SMILES string of the molecule is C[C@H](CC(C)(C)S(N)=O)c1cc(F)cc2c1O[C@@](C)(CC#N)C2. The lowest BCUT2D eigenvalue weighted by Crippen LogP contribution is -2.33. The van der Waals surface area contributed by atoms with Gasteiger partial charge in [-0.15, -0.1) is 0 Å². The third-order valence-corrected chi connectivity index (χ3v) is 5.65. The number of hydrogen-bond acceptors (Lipinski definition) is 3. The first-order valence-electron chi connectivity index (χ1n) is 7.62. The molecule has 1 aliphatic rings. The summed E-state index contributed by atoms with van der Waals surface area (Å²) >= 11 is 0. The Kier molecular flexibility index (Phi) is 4.84. The number of benzene rings is 1. The molecule has 1 aromatic carbocycles. The molecule has 0 bridgehead atoms. The number of nitriles is 1. The smallest absolute Gasteiger partial charge is 0.127 e. The van der Waals surface area contributed by atoms with Gasteiger partial charge in [0.25, 0.3) is 0 Å². The molecule has 4 nitrogen and oxygen atoms in total. The van der Waals surface area contributed by atoms with Crippen molar-refractivity contribution in [3.05, 3.63) is 29.1 Å². The Morgan fingerprint density at radius 2 is 2.22 bits per heavy atom. The lowest BCUT2D eigenvalue weighted by atomic mass is 9.89. The molecule has 1 aromatic rings. The third kappa shape index (κ3) is 3.73. The molecule has 3 atom stereocenters. The van der Waals surface area contributed by atoms with Crippen LogP contribution < -0.4 is 9.88 Å². The summed E-state index contributed by atoms with van der Waals surface area (Å²) in [5, 5.41) is 14.5. The number of halogens is 1. The van der Waals surface area contributed by atoms with Crippen molar-refractivity contribution in [2.45, 2.75) is 63.2 Å². The monoisotopic (exact) mass is 338 g/mol. The van der Waals surface area contributed by atoms with Crippen LogP contribution in [0.5, 0.6) is 5.75 Å². The second-order valence-corrected chi connectivity index (χ2v) is 8.91. The van der Waals surface area contributed by atoms with E-state index in [9.17, 15) is 8.60 Å². The molecule has 0 spiro atoms. The number of fused-ring (bicyclic) bond motifs is 1. The van der Waals surface area contributed by atoms with Gasteiger partial charge in [-0.25, -0.2) is 8.60 Å². The molecule has 2 rings (SSSR count). The summed E-state index contributed by atoms with van der Waals surface area (Å²) in [6.07, 6.45) is 1.30. The van der Waals surface area contributed by atoms with E-state index >= 15 is 0 Å². The molecule has 0 saturated carbocycles. The molecule has 1 heterocycles. The highest BCUT2D eigenvalue weighted by Crippen LogP contribution is 2.44. The van der Waals surface area contributed by atoms with E-state index in [0.29, 0.717) is 18.6 Å². The van der Waals surface area contributed by atoms with Gasteiger partial charge in [-0.1, -0.05) is 6.92 Å². The minimum Gasteiger partial charge on any atom is -0.486 e. The van der Waals surface area contributed by atoms with Crippen molar-refractivity contribution in [2.75, 3.05) is 0 Å². The highest BCUT2D eigenvalue weighted by atomic mass is 32.2. The van der Waals surface area contributed by atoms with Crippen LogP contribution in [0.3, 0.4) is 0 Å². The van der Waals surface area contributed by atoms with Crippen molar-refractivity contribution < 1.29 is 13.3 Å². The molecule has 6 heteroatoms. The summed E-state index contributed by atoms with van der Waals surface area (Å²) in [5.74, 6) is 0.281. The van der Waals surface area contributed by atoms with Gasteiger partial charge in [0.15, 0.2) is 0 Å². The van der Waals surface area contributed by atoms with E-state index in [1.165, 1.54) is 12.1 Å². The molecule has 0 aromatic heterocycles. The van der Waals surface area contributed by atoms with Crippen LogP contribution in [0, 0.1) is 17.1 Å². The highest BCUT2D eigenvalue weighted by molar-refractivity contribution is 7.84. The van der Waals surface area contributed by atoms with Gasteiger partial charge in [-0.05, 0) is 45.2 Å². The molecule has 1 unspecified atom stereocenters. The van der Waals surface area contributed by atoms with Crippen molar-refractivity contribution >= 4 is 11.0 Å². The summed E-state index contributed by atoms with van der Waals surface area (Å²) in [4.78, 5) is 0. The van der Waals surface area contributed by atoms with E-state index in [2.05, 4.69) is 6.07 Å². The Labute approximate surface area is 139 Å². The second-order valence-electron chi connectivity index (χ2n) is 7.21. The van der Waals surface area contributed by atoms with E-state index < -0.39 is 21.3 Å². The third-order valence-electron chi connectivity index (χ3n) is 4.40. The highest BCUT2D eigenvalue weighted by Gasteiger charge is 2.38. The first kappa shape index (κ1) is 17.9. The molecule has 0 radical (unpaired) electrons. The Bertz CT molecular complexity index is 684. The molecule has 0 saturated heterocycles. The Balaban J connectivity index is 2.36. The predicted molar refractivity (Wildman–Crippen MR) is 88.8 cm³/mol. The Morgan fingerprint density at radius 3 is 2.78 bits per heavy atom. The zero-order chi connectivity index (χ0) is 17.4. The van der Waals surface area contributed by atoms with E-state index in [0.717, 1.165) is 11.1 Å². The molecule has 0 aliphatic carbocycles. The van der Waals surface area contributed by atoms with Crippen LogP contribution >= 0.6 is 0 Å². The van der Waals surface area contributed by atoms with Gasteiger partial charge in [0.1, 0.15) is 17.2 Å². The number of nitrogens with zero attached hydrogens (tertiary/aromatic N) is 1. The molecule has 2 N–H and O–H groups in total. The second kappa shape index (κ2) is 6.21. The normalized spacial score (nSPS) is 22.8. The molecular weight excluding hydrogens is 315 g/mol. The van der Waals surface area contributed by atoms with Crippen LogP contribution in [0.1, 0.15) is 57.6 Å². The van der Waals surface area contributed by atoms with Crippen LogP contribution in [0.4, 0.5) is 4.39 Å². The van der Waals surface area contributed by atoms with Crippen molar-refractivity contribution in [1.29, 1.82) is 5.26 Å². The first-order valence-corrected chi connectivity index (χ1v) is 8.84. The molecule has 126 valence electrons. The fourth-order valence-corrected chi connectivity index (χ4v) is 3.59. The maximum atomic E-state index is 14.0. The number of nitrogens with two attached hydrogens (primary N) is 1. The molecule has 23 heavy (non-hydrogen) atoms. The van der Waals surface area contributed by atoms with Gasteiger partial charge in [0, 0.05) is 17.5 Å². The van der Waals surface area contributed by atoms with Crippen molar-refractivity contribution in [2.24, 2.45) is 5.14 Å². The quantitative estimate of drug-likeness (QED) is 0.894. The zero-order valence-electron chi connectivity index (χ0n) is 14.0. The fourth-order valence-electron chi connectivity index (χ4n) is 3.18. The Hall–Kier alpha value is -1.45. The minimum atomic E-state index is -1.47. The predicted octanol–water partition coefficient (Wildman–Crippen LogP) is 3.33. The van der Waals surface area contributed by atoms with Gasteiger partial charge >= 0.3 is 0 Å². The van der Waals surface area contributed by atoms with E-state index in [1.807, 2.05) is 27.7 Å². The maximum absolute atomic E-state index is 14.0. The molecule has 0 fully saturated rings. The first-order chi connectivity index (χ1) is 10.6.